The Morgan fingerprint density at radius 3 is 2.79 bits per heavy atom. The maximum absolute atomic E-state index is 4.42. The van der Waals surface area contributed by atoms with Crippen LogP contribution in [0.3, 0.4) is 0 Å². The fraction of sp³-hybridized carbons (Fsp3) is 0.895. The summed E-state index contributed by atoms with van der Waals surface area (Å²) in [7, 11) is 0. The van der Waals surface area contributed by atoms with E-state index in [0.29, 0.717) is 10.8 Å². The highest BCUT2D eigenvalue weighted by Gasteiger charge is 2.61. The van der Waals surface area contributed by atoms with Gasteiger partial charge in [0.2, 0.25) is 0 Å². The second kappa shape index (κ2) is 3.89. The van der Waals surface area contributed by atoms with Crippen molar-refractivity contribution in [1.29, 1.82) is 0 Å². The van der Waals surface area contributed by atoms with Crippen LogP contribution < -0.4 is 0 Å². The van der Waals surface area contributed by atoms with Crippen LogP contribution >= 0.6 is 0 Å². The Morgan fingerprint density at radius 1 is 1.11 bits per heavy atom. The minimum absolute atomic E-state index is 0.672. The number of rotatable bonds is 0. The van der Waals surface area contributed by atoms with Crippen molar-refractivity contribution in [2.45, 2.75) is 71.6 Å². The highest BCUT2D eigenvalue weighted by Crippen LogP contribution is 2.70. The quantitative estimate of drug-likeness (QED) is 0.497. The SMILES string of the molecule is C=C1C[C@@]23CC[C@@H]4[C@@H](C)CCC[C@@]4(C)[C@@H]2CC[C@@H]1C3. The van der Waals surface area contributed by atoms with Gasteiger partial charge in [-0.2, -0.15) is 0 Å². The van der Waals surface area contributed by atoms with E-state index < -0.39 is 0 Å². The normalized spacial score (nSPS) is 56.6. The van der Waals surface area contributed by atoms with E-state index in [1.165, 1.54) is 57.8 Å². The molecule has 4 aliphatic rings. The standard InChI is InChI=1S/C19H30/c1-13-5-4-9-18(3)16(13)8-10-19-11-14(2)15(12-19)6-7-17(18)19/h13,15-17H,2,4-12H2,1,3H3/t13-,15+,16+,17-,18+,19+/m0/s1. The first kappa shape index (κ1) is 12.5. The topological polar surface area (TPSA) is 0 Å². The molecule has 4 aliphatic carbocycles. The number of hydrogen-bond donors (Lipinski definition) is 0. The molecule has 1 spiro atoms. The Labute approximate surface area is 119 Å². The molecule has 4 saturated carbocycles. The summed E-state index contributed by atoms with van der Waals surface area (Å²) in [6, 6.07) is 0. The van der Waals surface area contributed by atoms with Crippen LogP contribution in [0, 0.1) is 34.5 Å². The molecule has 0 heteroatoms. The van der Waals surface area contributed by atoms with Crippen LogP contribution in [0.2, 0.25) is 0 Å². The number of fused-ring (bicyclic) bond motifs is 3. The van der Waals surface area contributed by atoms with E-state index in [1.54, 1.807) is 5.57 Å². The van der Waals surface area contributed by atoms with Crippen molar-refractivity contribution in [3.05, 3.63) is 12.2 Å². The van der Waals surface area contributed by atoms with Crippen LogP contribution in [0.25, 0.3) is 0 Å². The van der Waals surface area contributed by atoms with E-state index in [2.05, 4.69) is 20.4 Å². The highest BCUT2D eigenvalue weighted by molar-refractivity contribution is 5.21. The van der Waals surface area contributed by atoms with Gasteiger partial charge in [-0.25, -0.2) is 0 Å². The molecule has 0 nitrogen and oxygen atoms in total. The van der Waals surface area contributed by atoms with Gasteiger partial charge in [-0.05, 0) is 79.4 Å². The third-order valence-electron chi connectivity index (χ3n) is 8.01. The molecule has 106 valence electrons. The lowest BCUT2D eigenvalue weighted by molar-refractivity contribution is -0.120. The van der Waals surface area contributed by atoms with Gasteiger partial charge in [-0.1, -0.05) is 38.8 Å². The van der Waals surface area contributed by atoms with Crippen LogP contribution in [0.5, 0.6) is 0 Å². The summed E-state index contributed by atoms with van der Waals surface area (Å²) in [4.78, 5) is 0. The fourth-order valence-electron chi connectivity index (χ4n) is 7.27. The zero-order valence-electron chi connectivity index (χ0n) is 12.9. The summed E-state index contributed by atoms with van der Waals surface area (Å²) in [6.45, 7) is 9.65. The van der Waals surface area contributed by atoms with Crippen molar-refractivity contribution < 1.29 is 0 Å². The maximum atomic E-state index is 4.42. The minimum atomic E-state index is 0.672. The van der Waals surface area contributed by atoms with Crippen molar-refractivity contribution in [1.82, 2.24) is 0 Å². The van der Waals surface area contributed by atoms with Crippen LogP contribution in [0.15, 0.2) is 12.2 Å². The Kier molecular flexibility index (Phi) is 2.56. The summed E-state index contributed by atoms with van der Waals surface area (Å²) in [6.07, 6.45) is 13.4. The molecule has 0 heterocycles. The van der Waals surface area contributed by atoms with Gasteiger partial charge in [0.1, 0.15) is 0 Å². The van der Waals surface area contributed by atoms with Gasteiger partial charge in [-0.3, -0.25) is 0 Å². The van der Waals surface area contributed by atoms with Crippen molar-refractivity contribution >= 4 is 0 Å². The van der Waals surface area contributed by atoms with Crippen LogP contribution in [-0.4, -0.2) is 0 Å². The van der Waals surface area contributed by atoms with Crippen LogP contribution in [0.1, 0.15) is 71.6 Å². The molecule has 0 unspecified atom stereocenters. The third-order valence-corrected chi connectivity index (χ3v) is 8.01. The molecule has 0 aliphatic heterocycles. The van der Waals surface area contributed by atoms with Gasteiger partial charge in [0.15, 0.2) is 0 Å². The molecule has 0 amide bonds. The van der Waals surface area contributed by atoms with E-state index in [1.807, 2.05) is 0 Å². The molecule has 0 aromatic carbocycles. The number of allylic oxidation sites excluding steroid dienone is 1. The van der Waals surface area contributed by atoms with Crippen molar-refractivity contribution in [3.63, 3.8) is 0 Å². The van der Waals surface area contributed by atoms with Crippen molar-refractivity contribution in [2.75, 3.05) is 0 Å². The molecule has 0 saturated heterocycles. The predicted molar refractivity (Wildman–Crippen MR) is 80.9 cm³/mol. The maximum Gasteiger partial charge on any atom is -0.0200 e. The lowest BCUT2D eigenvalue weighted by Gasteiger charge is -2.61. The van der Waals surface area contributed by atoms with Gasteiger partial charge in [0, 0.05) is 0 Å². The minimum Gasteiger partial charge on any atom is -0.0996 e. The summed E-state index contributed by atoms with van der Waals surface area (Å²) >= 11 is 0. The molecule has 6 atom stereocenters. The smallest absolute Gasteiger partial charge is 0.0200 e. The molecule has 4 rings (SSSR count). The monoisotopic (exact) mass is 258 g/mol. The van der Waals surface area contributed by atoms with Gasteiger partial charge in [-0.15, -0.1) is 0 Å². The van der Waals surface area contributed by atoms with Gasteiger partial charge >= 0.3 is 0 Å². The Morgan fingerprint density at radius 2 is 1.95 bits per heavy atom. The second-order valence-corrected chi connectivity index (χ2v) is 8.75. The zero-order chi connectivity index (χ0) is 13.3. The molecular weight excluding hydrogens is 228 g/mol. The first-order chi connectivity index (χ1) is 9.05. The van der Waals surface area contributed by atoms with Crippen LogP contribution in [0.4, 0.5) is 0 Å². The molecule has 4 fully saturated rings. The third kappa shape index (κ3) is 1.52. The summed E-state index contributed by atoms with van der Waals surface area (Å²) < 4.78 is 0. The zero-order valence-corrected chi connectivity index (χ0v) is 12.9. The van der Waals surface area contributed by atoms with E-state index in [4.69, 9.17) is 0 Å². The summed E-state index contributed by atoms with van der Waals surface area (Å²) in [5.74, 6) is 3.94. The van der Waals surface area contributed by atoms with E-state index >= 15 is 0 Å². The van der Waals surface area contributed by atoms with Crippen LogP contribution in [-0.2, 0) is 0 Å². The number of hydrogen-bond acceptors (Lipinski definition) is 0. The van der Waals surface area contributed by atoms with Crippen molar-refractivity contribution in [3.8, 4) is 0 Å². The van der Waals surface area contributed by atoms with Crippen molar-refractivity contribution in [2.24, 2.45) is 34.5 Å². The first-order valence-electron chi connectivity index (χ1n) is 8.73. The Bertz CT molecular complexity index is 408. The predicted octanol–water partition coefficient (Wildman–Crippen LogP) is 5.59. The second-order valence-electron chi connectivity index (χ2n) is 8.75. The average Bonchev–Trinajstić information content (AvgIpc) is 2.59. The summed E-state index contributed by atoms with van der Waals surface area (Å²) in [5, 5.41) is 0. The lowest BCUT2D eigenvalue weighted by atomic mass is 9.43. The summed E-state index contributed by atoms with van der Waals surface area (Å²) in [5.41, 5.74) is 2.99. The van der Waals surface area contributed by atoms with Gasteiger partial charge in [0.25, 0.3) is 0 Å². The largest absolute Gasteiger partial charge is 0.0996 e. The molecule has 0 aromatic rings. The molecule has 19 heavy (non-hydrogen) atoms. The molecule has 0 radical (unpaired) electrons. The van der Waals surface area contributed by atoms with E-state index in [9.17, 15) is 0 Å². The van der Waals surface area contributed by atoms with E-state index in [0.717, 1.165) is 23.7 Å². The molecule has 0 aromatic heterocycles. The Balaban J connectivity index is 1.73. The highest BCUT2D eigenvalue weighted by atomic mass is 14.7. The van der Waals surface area contributed by atoms with E-state index in [-0.39, 0.29) is 0 Å². The molecule has 0 N–H and O–H groups in total. The average molecular weight is 258 g/mol. The lowest BCUT2D eigenvalue weighted by Crippen LogP contribution is -2.53. The first-order valence-corrected chi connectivity index (χ1v) is 8.73. The van der Waals surface area contributed by atoms with Gasteiger partial charge < -0.3 is 0 Å². The molecule has 2 bridgehead atoms. The fourth-order valence-corrected chi connectivity index (χ4v) is 7.27. The Hall–Kier alpha value is -0.260. The molecular formula is C19H30. The van der Waals surface area contributed by atoms with Gasteiger partial charge in [0.05, 0.1) is 0 Å².